The highest BCUT2D eigenvalue weighted by molar-refractivity contribution is 5.94. The van der Waals surface area contributed by atoms with Gasteiger partial charge < -0.3 is 4.90 Å². The fraction of sp³-hybridized carbons (Fsp3) is 0.222. The Kier molecular flexibility index (Phi) is 2.66. The van der Waals surface area contributed by atoms with Gasteiger partial charge in [-0.25, -0.2) is 0 Å². The van der Waals surface area contributed by atoms with E-state index in [1.54, 1.807) is 13.2 Å². The summed E-state index contributed by atoms with van der Waals surface area (Å²) in [6.45, 7) is 3.68. The van der Waals surface area contributed by atoms with Crippen molar-refractivity contribution in [2.45, 2.75) is 6.42 Å². The molecule has 0 aromatic carbocycles. The molecular weight excluding hydrogens is 136 g/mol. The Bertz CT molecular complexity index is 224. The average Bonchev–Trinajstić information content (AvgIpc) is 2.27. The van der Waals surface area contributed by atoms with Gasteiger partial charge in [0.2, 0.25) is 0 Å². The number of rotatable bonds is 1. The molecule has 1 aliphatic rings. The summed E-state index contributed by atoms with van der Waals surface area (Å²) in [5.74, 6) is 0.925. The fourth-order valence-corrected chi connectivity index (χ4v) is 0.933. The van der Waals surface area contributed by atoms with Crippen LogP contribution in [-0.4, -0.2) is 17.8 Å². The zero-order valence-corrected chi connectivity index (χ0v) is 6.70. The molecule has 0 atom stereocenters. The minimum absolute atomic E-state index is 0.925. The van der Waals surface area contributed by atoms with Gasteiger partial charge in [0.05, 0.1) is 0 Å². The number of allylic oxidation sites excluding steroid dienone is 2. The average molecular weight is 148 g/mol. The molecule has 2 nitrogen and oxygen atoms in total. The Labute approximate surface area is 67.2 Å². The SMILES string of the molecule is C=CN1C=CCC=CC1=NC. The van der Waals surface area contributed by atoms with Crippen LogP contribution in [0.5, 0.6) is 0 Å². The van der Waals surface area contributed by atoms with Gasteiger partial charge in [-0.2, -0.15) is 0 Å². The molecule has 0 aliphatic carbocycles. The van der Waals surface area contributed by atoms with E-state index in [0.717, 1.165) is 12.3 Å². The van der Waals surface area contributed by atoms with Crippen LogP contribution >= 0.6 is 0 Å². The van der Waals surface area contributed by atoms with Crippen molar-refractivity contribution in [2.75, 3.05) is 7.05 Å². The zero-order valence-electron chi connectivity index (χ0n) is 6.70. The molecule has 0 radical (unpaired) electrons. The second kappa shape index (κ2) is 3.76. The maximum absolute atomic E-state index is 4.09. The van der Waals surface area contributed by atoms with Crippen molar-refractivity contribution in [3.05, 3.63) is 37.2 Å². The Balaban J connectivity index is 2.88. The minimum atomic E-state index is 0.925. The van der Waals surface area contributed by atoms with Crippen LogP contribution in [-0.2, 0) is 0 Å². The molecule has 0 bridgehead atoms. The van der Waals surface area contributed by atoms with Crippen molar-refractivity contribution in [3.63, 3.8) is 0 Å². The molecule has 0 N–H and O–H groups in total. The van der Waals surface area contributed by atoms with Gasteiger partial charge >= 0.3 is 0 Å². The Hall–Kier alpha value is -1.31. The van der Waals surface area contributed by atoms with Crippen molar-refractivity contribution in [1.29, 1.82) is 0 Å². The van der Waals surface area contributed by atoms with Crippen LogP contribution in [0.1, 0.15) is 6.42 Å². The van der Waals surface area contributed by atoms with Gasteiger partial charge in [-0.3, -0.25) is 4.99 Å². The van der Waals surface area contributed by atoms with E-state index in [2.05, 4.69) is 23.7 Å². The summed E-state index contributed by atoms with van der Waals surface area (Å²) in [7, 11) is 1.77. The van der Waals surface area contributed by atoms with Crippen LogP contribution < -0.4 is 0 Å². The van der Waals surface area contributed by atoms with Crippen LogP contribution in [0.4, 0.5) is 0 Å². The first-order chi connectivity index (χ1) is 5.38. The number of hydrogen-bond acceptors (Lipinski definition) is 1. The lowest BCUT2D eigenvalue weighted by Crippen LogP contribution is -2.16. The summed E-state index contributed by atoms with van der Waals surface area (Å²) in [5.41, 5.74) is 0. The number of aliphatic imine (C=N–C) groups is 1. The molecular formula is C9H12N2. The van der Waals surface area contributed by atoms with Crippen molar-refractivity contribution in [2.24, 2.45) is 4.99 Å². The van der Waals surface area contributed by atoms with E-state index >= 15 is 0 Å². The van der Waals surface area contributed by atoms with E-state index in [4.69, 9.17) is 0 Å². The molecule has 1 aliphatic heterocycles. The highest BCUT2D eigenvalue weighted by Gasteiger charge is 2.00. The van der Waals surface area contributed by atoms with Crippen LogP contribution in [0.25, 0.3) is 0 Å². The van der Waals surface area contributed by atoms with Crippen molar-refractivity contribution in [1.82, 2.24) is 4.90 Å². The summed E-state index contributed by atoms with van der Waals surface area (Å²) in [5, 5.41) is 0. The molecule has 0 aromatic heterocycles. The minimum Gasteiger partial charge on any atom is -0.310 e. The maximum Gasteiger partial charge on any atom is 0.130 e. The van der Waals surface area contributed by atoms with Gasteiger partial charge in [0, 0.05) is 19.4 Å². The molecule has 0 saturated carbocycles. The molecule has 0 unspecified atom stereocenters. The lowest BCUT2D eigenvalue weighted by molar-refractivity contribution is 0.764. The van der Waals surface area contributed by atoms with E-state index in [9.17, 15) is 0 Å². The van der Waals surface area contributed by atoms with E-state index < -0.39 is 0 Å². The lowest BCUT2D eigenvalue weighted by Gasteiger charge is -2.12. The molecule has 0 fully saturated rings. The number of hydrogen-bond donors (Lipinski definition) is 0. The monoisotopic (exact) mass is 148 g/mol. The molecule has 2 heteroatoms. The summed E-state index contributed by atoms with van der Waals surface area (Å²) in [6.07, 6.45) is 10.8. The standard InChI is InChI=1S/C9H12N2/c1-3-11-8-6-4-5-7-9(11)10-2/h3,5-8H,1,4H2,2H3. The van der Waals surface area contributed by atoms with Crippen molar-refractivity contribution in [3.8, 4) is 0 Å². The number of amidine groups is 1. The zero-order chi connectivity index (χ0) is 8.10. The second-order valence-corrected chi connectivity index (χ2v) is 2.19. The summed E-state index contributed by atoms with van der Waals surface area (Å²) in [6, 6.07) is 0. The van der Waals surface area contributed by atoms with Crippen molar-refractivity contribution < 1.29 is 0 Å². The van der Waals surface area contributed by atoms with Crippen LogP contribution in [0, 0.1) is 0 Å². The largest absolute Gasteiger partial charge is 0.310 e. The van der Waals surface area contributed by atoms with Crippen LogP contribution in [0.3, 0.4) is 0 Å². The normalized spacial score (nSPS) is 20.5. The molecule has 0 amide bonds. The first-order valence-corrected chi connectivity index (χ1v) is 3.59. The number of nitrogens with zero attached hydrogens (tertiary/aromatic N) is 2. The van der Waals surface area contributed by atoms with Crippen molar-refractivity contribution >= 4 is 5.84 Å². The summed E-state index contributed by atoms with van der Waals surface area (Å²) >= 11 is 0. The molecule has 0 spiro atoms. The third-order valence-corrected chi connectivity index (χ3v) is 1.50. The summed E-state index contributed by atoms with van der Waals surface area (Å²) in [4.78, 5) is 5.99. The quantitative estimate of drug-likeness (QED) is 0.554. The fourth-order valence-electron chi connectivity index (χ4n) is 0.933. The lowest BCUT2D eigenvalue weighted by atomic mass is 10.4. The van der Waals surface area contributed by atoms with Gasteiger partial charge in [-0.1, -0.05) is 18.7 Å². The topological polar surface area (TPSA) is 15.6 Å². The van der Waals surface area contributed by atoms with Crippen LogP contribution in [0.2, 0.25) is 0 Å². The molecule has 0 saturated heterocycles. The summed E-state index contributed by atoms with van der Waals surface area (Å²) < 4.78 is 0. The Morgan fingerprint density at radius 1 is 1.64 bits per heavy atom. The van der Waals surface area contributed by atoms with E-state index in [-0.39, 0.29) is 0 Å². The molecule has 58 valence electrons. The molecule has 0 aromatic rings. The maximum atomic E-state index is 4.09. The first-order valence-electron chi connectivity index (χ1n) is 3.59. The second-order valence-electron chi connectivity index (χ2n) is 2.19. The van der Waals surface area contributed by atoms with E-state index in [1.165, 1.54) is 0 Å². The van der Waals surface area contributed by atoms with Gasteiger partial charge in [0.25, 0.3) is 0 Å². The first kappa shape index (κ1) is 7.79. The van der Waals surface area contributed by atoms with E-state index in [1.807, 2.05) is 17.2 Å². The van der Waals surface area contributed by atoms with E-state index in [0.29, 0.717) is 0 Å². The Morgan fingerprint density at radius 3 is 3.09 bits per heavy atom. The van der Waals surface area contributed by atoms with Gasteiger partial charge in [-0.05, 0) is 12.5 Å². The third kappa shape index (κ3) is 1.80. The molecule has 1 rings (SSSR count). The highest BCUT2D eigenvalue weighted by atomic mass is 15.1. The Morgan fingerprint density at radius 2 is 2.45 bits per heavy atom. The third-order valence-electron chi connectivity index (χ3n) is 1.50. The van der Waals surface area contributed by atoms with Gasteiger partial charge in [0.1, 0.15) is 5.84 Å². The molecule has 1 heterocycles. The smallest absolute Gasteiger partial charge is 0.130 e. The van der Waals surface area contributed by atoms with Crippen LogP contribution in [0.15, 0.2) is 42.2 Å². The molecule has 11 heavy (non-hydrogen) atoms. The predicted molar refractivity (Wildman–Crippen MR) is 48.3 cm³/mol. The highest BCUT2D eigenvalue weighted by Crippen LogP contribution is 2.02. The predicted octanol–water partition coefficient (Wildman–Crippen LogP) is 1.93. The van der Waals surface area contributed by atoms with Gasteiger partial charge in [0.15, 0.2) is 0 Å². The van der Waals surface area contributed by atoms with Gasteiger partial charge in [-0.15, -0.1) is 0 Å².